The third-order valence-corrected chi connectivity index (χ3v) is 6.10. The van der Waals surface area contributed by atoms with Gasteiger partial charge in [0.15, 0.2) is 6.10 Å². The van der Waals surface area contributed by atoms with Crippen molar-refractivity contribution in [3.05, 3.63) is 59.7 Å². The number of esters is 1. The molecule has 2 aromatic carbocycles. The minimum absolute atomic E-state index is 0.221. The maximum Gasteiger partial charge on any atom is 0.340 e. The molecule has 0 aromatic heterocycles. The molecule has 0 bridgehead atoms. The topological polar surface area (TPSA) is 114 Å². The molecule has 1 aliphatic heterocycles. The fourth-order valence-electron chi connectivity index (χ4n) is 2.82. The average molecular weight is 442 g/mol. The number of carbonyl (C=O) groups is 4. The van der Waals surface area contributed by atoms with Crippen molar-refractivity contribution in [3.63, 3.8) is 0 Å². The fraction of sp³-hybridized carbons (Fsp3) is 0.273. The zero-order chi connectivity index (χ0) is 22.6. The third-order valence-electron chi connectivity index (χ3n) is 4.71. The van der Waals surface area contributed by atoms with Gasteiger partial charge in [0.2, 0.25) is 0 Å². The van der Waals surface area contributed by atoms with Crippen LogP contribution >= 0.6 is 11.8 Å². The zero-order valence-corrected chi connectivity index (χ0v) is 18.2. The highest BCUT2D eigenvalue weighted by molar-refractivity contribution is 7.99. The Hall–Kier alpha value is -3.33. The Bertz CT molecular complexity index is 1020. The predicted octanol–water partition coefficient (Wildman–Crippen LogP) is 2.87. The van der Waals surface area contributed by atoms with E-state index < -0.39 is 35.5 Å². The van der Waals surface area contributed by atoms with Crippen molar-refractivity contribution >= 4 is 41.3 Å². The van der Waals surface area contributed by atoms with Gasteiger partial charge in [-0.3, -0.25) is 14.9 Å². The van der Waals surface area contributed by atoms with Gasteiger partial charge < -0.3 is 15.4 Å². The van der Waals surface area contributed by atoms with Crippen molar-refractivity contribution < 1.29 is 23.9 Å². The second-order valence-electron chi connectivity index (χ2n) is 7.43. The Morgan fingerprint density at radius 1 is 1.13 bits per heavy atom. The van der Waals surface area contributed by atoms with Crippen molar-refractivity contribution in [2.24, 2.45) is 0 Å². The number of carbonyl (C=O) groups excluding carboxylic acids is 4. The van der Waals surface area contributed by atoms with E-state index >= 15 is 0 Å². The van der Waals surface area contributed by atoms with Gasteiger partial charge in [0.25, 0.3) is 11.8 Å². The highest BCUT2D eigenvalue weighted by Crippen LogP contribution is 2.28. The van der Waals surface area contributed by atoms with Gasteiger partial charge in [0.1, 0.15) is 5.54 Å². The number of nitrogens with one attached hydrogen (secondary N) is 3. The van der Waals surface area contributed by atoms with Crippen LogP contribution in [0.1, 0.15) is 29.8 Å². The minimum Gasteiger partial charge on any atom is -0.449 e. The molecule has 0 radical (unpaired) electrons. The van der Waals surface area contributed by atoms with Gasteiger partial charge in [-0.2, -0.15) is 0 Å². The molecule has 1 fully saturated rings. The number of aryl methyl sites for hydroxylation is 1. The van der Waals surface area contributed by atoms with Crippen LogP contribution in [0, 0.1) is 6.92 Å². The molecule has 0 saturated carbocycles. The van der Waals surface area contributed by atoms with Gasteiger partial charge in [0.05, 0.1) is 5.56 Å². The highest BCUT2D eigenvalue weighted by atomic mass is 32.2. The molecule has 8 nitrogen and oxygen atoms in total. The summed E-state index contributed by atoms with van der Waals surface area (Å²) in [4.78, 5) is 49.1. The number of imide groups is 1. The molecule has 2 aromatic rings. The van der Waals surface area contributed by atoms with E-state index in [1.165, 1.54) is 18.7 Å². The number of anilines is 1. The first-order valence-corrected chi connectivity index (χ1v) is 10.6. The molecule has 3 rings (SSSR count). The van der Waals surface area contributed by atoms with Gasteiger partial charge in [0, 0.05) is 16.3 Å². The van der Waals surface area contributed by atoms with E-state index in [2.05, 4.69) is 16.0 Å². The Labute approximate surface area is 184 Å². The smallest absolute Gasteiger partial charge is 0.340 e. The predicted molar refractivity (Wildman–Crippen MR) is 117 cm³/mol. The van der Waals surface area contributed by atoms with Crippen molar-refractivity contribution in [3.8, 4) is 0 Å². The lowest BCUT2D eigenvalue weighted by molar-refractivity contribution is -0.124. The van der Waals surface area contributed by atoms with E-state index in [0.717, 1.165) is 5.56 Å². The van der Waals surface area contributed by atoms with Crippen LogP contribution < -0.4 is 16.0 Å². The van der Waals surface area contributed by atoms with Gasteiger partial charge in [-0.25, -0.2) is 9.59 Å². The quantitative estimate of drug-likeness (QED) is 0.346. The molecule has 9 heteroatoms. The van der Waals surface area contributed by atoms with Gasteiger partial charge >= 0.3 is 12.0 Å². The van der Waals surface area contributed by atoms with Crippen LogP contribution in [0.2, 0.25) is 0 Å². The molecule has 2 atom stereocenters. The highest BCUT2D eigenvalue weighted by Gasteiger charge is 2.42. The summed E-state index contributed by atoms with van der Waals surface area (Å²) in [5.74, 6) is -1.30. The first-order valence-electron chi connectivity index (χ1n) is 9.62. The molecular formula is C22H23N3O5S. The lowest BCUT2D eigenvalue weighted by Gasteiger charge is -2.20. The van der Waals surface area contributed by atoms with Crippen molar-refractivity contribution in [2.75, 3.05) is 11.1 Å². The Balaban J connectivity index is 1.63. The molecule has 0 spiro atoms. The van der Waals surface area contributed by atoms with Crippen LogP contribution in [-0.4, -0.2) is 41.2 Å². The number of urea groups is 1. The lowest BCUT2D eigenvalue weighted by atomic mass is 10.1. The van der Waals surface area contributed by atoms with E-state index in [0.29, 0.717) is 10.6 Å². The average Bonchev–Trinajstić information content (AvgIpc) is 2.99. The van der Waals surface area contributed by atoms with E-state index in [-0.39, 0.29) is 11.3 Å². The summed E-state index contributed by atoms with van der Waals surface area (Å²) >= 11 is 1.24. The summed E-state index contributed by atoms with van der Waals surface area (Å²) in [7, 11) is 0. The standard InChI is InChI=1S/C22H23N3O5S/c1-13-8-10-15(11-9-13)23-18(26)14(2)30-19(27)16-6-4-5-7-17(16)31-12-22(3)20(28)24-21(29)25-22/h4-11,14H,12H2,1-3H3,(H,23,26)(H2,24,25,28,29)/t14-,22-/m1/s1. The zero-order valence-electron chi connectivity index (χ0n) is 17.4. The monoisotopic (exact) mass is 441 g/mol. The molecule has 0 unspecified atom stereocenters. The van der Waals surface area contributed by atoms with E-state index in [4.69, 9.17) is 4.74 Å². The molecule has 162 valence electrons. The number of thioether (sulfide) groups is 1. The van der Waals surface area contributed by atoms with Crippen LogP contribution in [0.15, 0.2) is 53.4 Å². The minimum atomic E-state index is -1.08. The van der Waals surface area contributed by atoms with Crippen LogP contribution in [-0.2, 0) is 14.3 Å². The molecule has 1 saturated heterocycles. The van der Waals surface area contributed by atoms with E-state index in [1.807, 2.05) is 19.1 Å². The maximum atomic E-state index is 12.7. The van der Waals surface area contributed by atoms with E-state index in [1.54, 1.807) is 43.3 Å². The van der Waals surface area contributed by atoms with Crippen molar-refractivity contribution in [1.82, 2.24) is 10.6 Å². The number of hydrogen-bond donors (Lipinski definition) is 3. The first kappa shape index (κ1) is 22.4. The molecular weight excluding hydrogens is 418 g/mol. The second-order valence-corrected chi connectivity index (χ2v) is 8.45. The molecule has 4 amide bonds. The number of hydrogen-bond acceptors (Lipinski definition) is 6. The summed E-state index contributed by atoms with van der Waals surface area (Å²) in [6, 6.07) is 13.5. The largest absolute Gasteiger partial charge is 0.449 e. The molecule has 31 heavy (non-hydrogen) atoms. The van der Waals surface area contributed by atoms with Crippen LogP contribution in [0.3, 0.4) is 0 Å². The maximum absolute atomic E-state index is 12.7. The SMILES string of the molecule is Cc1ccc(NC(=O)[C@@H](C)OC(=O)c2ccccc2SC[C@@]2(C)NC(=O)NC2=O)cc1. The van der Waals surface area contributed by atoms with Crippen molar-refractivity contribution in [2.45, 2.75) is 37.3 Å². The Kier molecular flexibility index (Phi) is 6.65. The number of amides is 4. The summed E-state index contributed by atoms with van der Waals surface area (Å²) in [5.41, 5.74) is 0.866. The summed E-state index contributed by atoms with van der Waals surface area (Å²) < 4.78 is 5.36. The van der Waals surface area contributed by atoms with Crippen LogP contribution in [0.25, 0.3) is 0 Å². The lowest BCUT2D eigenvalue weighted by Crippen LogP contribution is -2.46. The normalized spacial score (nSPS) is 18.7. The molecule has 0 aliphatic carbocycles. The fourth-order valence-corrected chi connectivity index (χ4v) is 3.95. The van der Waals surface area contributed by atoms with Crippen LogP contribution in [0.4, 0.5) is 10.5 Å². The van der Waals surface area contributed by atoms with Gasteiger partial charge in [-0.1, -0.05) is 29.8 Å². The van der Waals surface area contributed by atoms with Gasteiger partial charge in [-0.05, 0) is 45.0 Å². The number of ether oxygens (including phenoxy) is 1. The second kappa shape index (κ2) is 9.22. The first-order chi connectivity index (χ1) is 14.7. The Morgan fingerprint density at radius 2 is 1.81 bits per heavy atom. The summed E-state index contributed by atoms with van der Waals surface area (Å²) in [6.07, 6.45) is -1.01. The number of rotatable bonds is 7. The molecule has 3 N–H and O–H groups in total. The Morgan fingerprint density at radius 3 is 2.45 bits per heavy atom. The van der Waals surface area contributed by atoms with Crippen LogP contribution in [0.5, 0.6) is 0 Å². The van der Waals surface area contributed by atoms with E-state index in [9.17, 15) is 19.2 Å². The number of benzene rings is 2. The van der Waals surface area contributed by atoms with Crippen molar-refractivity contribution in [1.29, 1.82) is 0 Å². The third kappa shape index (κ3) is 5.43. The van der Waals surface area contributed by atoms with Gasteiger partial charge in [-0.15, -0.1) is 11.8 Å². The molecule has 1 heterocycles. The summed E-state index contributed by atoms with van der Waals surface area (Å²) in [6.45, 7) is 5.05. The molecule has 1 aliphatic rings. The summed E-state index contributed by atoms with van der Waals surface area (Å²) in [5, 5.41) is 7.50.